The third-order valence-corrected chi connectivity index (χ3v) is 8.94. The molecular formula is C36H45N3O3S. The molecule has 4 aromatic rings. The second-order valence-corrected chi connectivity index (χ2v) is 12.3. The first-order valence-electron chi connectivity index (χ1n) is 15.9. The van der Waals surface area contributed by atoms with Gasteiger partial charge in [-0.05, 0) is 25.0 Å². The molecule has 0 saturated heterocycles. The van der Waals surface area contributed by atoms with Crippen molar-refractivity contribution < 1.29 is 9.90 Å². The Morgan fingerprint density at radius 3 is 2.16 bits per heavy atom. The van der Waals surface area contributed by atoms with Crippen molar-refractivity contribution in [3.63, 3.8) is 0 Å². The highest BCUT2D eigenvalue weighted by Crippen LogP contribution is 2.34. The smallest absolute Gasteiger partial charge is 0.268 e. The number of aromatic nitrogens is 2. The minimum Gasteiger partial charge on any atom is -0.506 e. The third-order valence-electron chi connectivity index (χ3n) is 7.91. The summed E-state index contributed by atoms with van der Waals surface area (Å²) in [5.74, 6) is -0.994. The van der Waals surface area contributed by atoms with E-state index in [2.05, 4.69) is 18.8 Å². The summed E-state index contributed by atoms with van der Waals surface area (Å²) in [5, 5.41) is 14.6. The second kappa shape index (κ2) is 16.8. The minimum atomic E-state index is -0.670. The number of pyridine rings is 1. The van der Waals surface area contributed by atoms with Crippen molar-refractivity contribution in [3.8, 4) is 17.0 Å². The summed E-state index contributed by atoms with van der Waals surface area (Å²) in [6.45, 7) is 6.22. The summed E-state index contributed by atoms with van der Waals surface area (Å²) in [5.41, 5.74) is 1.54. The number of nitrogens with zero attached hydrogens (tertiary/aromatic N) is 2. The summed E-state index contributed by atoms with van der Waals surface area (Å²) >= 11 is 1.44. The normalized spacial score (nSPS) is 11.2. The molecule has 7 heteroatoms. The van der Waals surface area contributed by atoms with Gasteiger partial charge in [-0.2, -0.15) is 0 Å². The van der Waals surface area contributed by atoms with E-state index >= 15 is 0 Å². The number of aryl methyl sites for hydroxylation is 1. The number of rotatable bonds is 18. The van der Waals surface area contributed by atoms with Gasteiger partial charge in [-0.1, -0.05) is 126 Å². The quantitative estimate of drug-likeness (QED) is 0.0881. The molecule has 0 saturated carbocycles. The van der Waals surface area contributed by atoms with Gasteiger partial charge >= 0.3 is 0 Å². The number of thiazole rings is 1. The number of allylic oxidation sites excluding steroid dienone is 1. The molecule has 0 atom stereocenters. The minimum absolute atomic E-state index is 0.221. The summed E-state index contributed by atoms with van der Waals surface area (Å²) in [6.07, 6.45) is 18.0. The Hall–Kier alpha value is -3.71. The average Bonchev–Trinajstić information content (AvgIpc) is 3.42. The first kappa shape index (κ1) is 32.2. The van der Waals surface area contributed by atoms with E-state index in [4.69, 9.17) is 4.98 Å². The monoisotopic (exact) mass is 599 g/mol. The van der Waals surface area contributed by atoms with Crippen LogP contribution in [0.5, 0.6) is 5.75 Å². The maximum absolute atomic E-state index is 13.4. The molecule has 0 aliphatic heterocycles. The molecule has 4 rings (SSSR count). The van der Waals surface area contributed by atoms with Crippen LogP contribution in [0.3, 0.4) is 0 Å². The van der Waals surface area contributed by atoms with E-state index in [1.807, 2.05) is 30.3 Å². The maximum Gasteiger partial charge on any atom is 0.268 e. The number of unbranched alkanes of at least 4 members (excludes halogenated alkanes) is 11. The van der Waals surface area contributed by atoms with Gasteiger partial charge in [-0.15, -0.1) is 17.9 Å². The Labute approximate surface area is 259 Å². The van der Waals surface area contributed by atoms with E-state index in [1.165, 1.54) is 80.1 Å². The molecule has 1 amide bonds. The van der Waals surface area contributed by atoms with Crippen LogP contribution in [0.1, 0.15) is 99.2 Å². The second-order valence-electron chi connectivity index (χ2n) is 11.2. The number of fused-ring (bicyclic) bond motifs is 1. The number of carbonyl (C=O) groups is 1. The van der Waals surface area contributed by atoms with Crippen LogP contribution in [0.2, 0.25) is 0 Å². The van der Waals surface area contributed by atoms with Crippen molar-refractivity contribution in [1.29, 1.82) is 0 Å². The molecule has 228 valence electrons. The lowest BCUT2D eigenvalue weighted by atomic mass is 10.0. The van der Waals surface area contributed by atoms with Crippen molar-refractivity contribution in [2.75, 3.05) is 5.32 Å². The van der Waals surface area contributed by atoms with Crippen LogP contribution < -0.4 is 10.9 Å². The summed E-state index contributed by atoms with van der Waals surface area (Å²) in [6, 6.07) is 17.0. The highest BCUT2D eigenvalue weighted by molar-refractivity contribution is 7.16. The zero-order chi connectivity index (χ0) is 30.4. The van der Waals surface area contributed by atoms with Gasteiger partial charge in [0.2, 0.25) is 0 Å². The van der Waals surface area contributed by atoms with Crippen molar-refractivity contribution in [2.24, 2.45) is 0 Å². The number of carbonyl (C=O) groups excluding carboxylic acids is 1. The Morgan fingerprint density at radius 1 is 0.907 bits per heavy atom. The molecule has 2 aromatic carbocycles. The van der Waals surface area contributed by atoms with E-state index in [0.29, 0.717) is 16.0 Å². The van der Waals surface area contributed by atoms with Crippen molar-refractivity contribution in [3.05, 3.63) is 88.0 Å². The number of aromatic hydroxyl groups is 1. The van der Waals surface area contributed by atoms with Crippen molar-refractivity contribution in [2.45, 2.75) is 96.9 Å². The van der Waals surface area contributed by atoms with E-state index in [0.717, 1.165) is 35.4 Å². The largest absolute Gasteiger partial charge is 0.506 e. The molecular weight excluding hydrogens is 554 g/mol. The van der Waals surface area contributed by atoms with Gasteiger partial charge in [0.1, 0.15) is 11.3 Å². The zero-order valence-electron chi connectivity index (χ0n) is 25.4. The SMILES string of the molecule is C=CCn1c(=O)c(C(=O)Nc2nc(-c3ccccc3)c(CCCCCCCCCCCCCC)s2)c(O)c2ccccc21. The molecule has 6 nitrogen and oxygen atoms in total. The zero-order valence-corrected chi connectivity index (χ0v) is 26.3. The standard InChI is InChI=1S/C36H45N3O3S/c1-3-5-6-7-8-9-10-11-12-13-14-18-25-30-32(27-21-16-15-17-22-27)37-36(43-30)38-34(41)31-33(40)28-23-19-20-24-29(28)39(26-4-2)35(31)42/h4,15-17,19-24,40H,2-3,5-14,18,25-26H2,1H3,(H,37,38,41). The van der Waals surface area contributed by atoms with Gasteiger partial charge in [0.15, 0.2) is 5.13 Å². The third kappa shape index (κ3) is 8.66. The van der Waals surface area contributed by atoms with Gasteiger partial charge in [0.25, 0.3) is 11.5 Å². The molecule has 0 bridgehead atoms. The lowest BCUT2D eigenvalue weighted by molar-refractivity contribution is 0.102. The molecule has 0 unspecified atom stereocenters. The van der Waals surface area contributed by atoms with Crippen LogP contribution in [-0.2, 0) is 13.0 Å². The Morgan fingerprint density at radius 2 is 1.51 bits per heavy atom. The Balaban J connectivity index is 1.41. The van der Waals surface area contributed by atoms with Gasteiger partial charge in [0.05, 0.1) is 11.2 Å². The number of nitrogens with one attached hydrogen (secondary N) is 1. The van der Waals surface area contributed by atoms with E-state index < -0.39 is 11.5 Å². The van der Waals surface area contributed by atoms with Crippen molar-refractivity contribution >= 4 is 33.3 Å². The van der Waals surface area contributed by atoms with Gasteiger partial charge in [0, 0.05) is 22.4 Å². The Bertz CT molecular complexity index is 1540. The molecule has 0 radical (unpaired) electrons. The van der Waals surface area contributed by atoms with Crippen LogP contribution in [0, 0.1) is 0 Å². The van der Waals surface area contributed by atoms with E-state index in [-0.39, 0.29) is 17.9 Å². The molecule has 0 fully saturated rings. The number of para-hydroxylation sites is 1. The molecule has 0 aliphatic carbocycles. The fraction of sp³-hybridized carbons (Fsp3) is 0.417. The van der Waals surface area contributed by atoms with Crippen LogP contribution >= 0.6 is 11.3 Å². The number of hydrogen-bond acceptors (Lipinski definition) is 5. The van der Waals surface area contributed by atoms with Crippen LogP contribution in [0.4, 0.5) is 5.13 Å². The summed E-state index contributed by atoms with van der Waals surface area (Å²) in [4.78, 5) is 32.7. The molecule has 2 N–H and O–H groups in total. The number of hydrogen-bond donors (Lipinski definition) is 2. The summed E-state index contributed by atoms with van der Waals surface area (Å²) < 4.78 is 1.45. The van der Waals surface area contributed by atoms with Gasteiger partial charge in [-0.3, -0.25) is 14.9 Å². The highest BCUT2D eigenvalue weighted by Gasteiger charge is 2.23. The molecule has 0 aliphatic rings. The topological polar surface area (TPSA) is 84.2 Å². The van der Waals surface area contributed by atoms with Crippen LogP contribution in [0.25, 0.3) is 22.2 Å². The average molecular weight is 600 g/mol. The maximum atomic E-state index is 13.4. The predicted octanol–water partition coefficient (Wildman–Crippen LogP) is 9.51. The predicted molar refractivity (Wildman–Crippen MR) is 180 cm³/mol. The van der Waals surface area contributed by atoms with Crippen LogP contribution in [0.15, 0.2) is 72.0 Å². The number of anilines is 1. The first-order valence-corrected chi connectivity index (χ1v) is 16.7. The molecule has 0 spiro atoms. The van der Waals surface area contributed by atoms with E-state index in [1.54, 1.807) is 30.3 Å². The molecule has 43 heavy (non-hydrogen) atoms. The number of benzene rings is 2. The van der Waals surface area contributed by atoms with Crippen LogP contribution in [-0.4, -0.2) is 20.6 Å². The highest BCUT2D eigenvalue weighted by atomic mass is 32.1. The number of amides is 1. The fourth-order valence-electron chi connectivity index (χ4n) is 5.59. The van der Waals surface area contributed by atoms with Gasteiger partial charge < -0.3 is 9.67 Å². The van der Waals surface area contributed by atoms with Gasteiger partial charge in [-0.25, -0.2) is 4.98 Å². The Kier molecular flexibility index (Phi) is 12.6. The fourth-order valence-corrected chi connectivity index (χ4v) is 6.61. The lowest BCUT2D eigenvalue weighted by Crippen LogP contribution is -2.29. The van der Waals surface area contributed by atoms with E-state index in [9.17, 15) is 14.7 Å². The first-order chi connectivity index (χ1) is 21.0. The molecule has 2 aromatic heterocycles. The van der Waals surface area contributed by atoms with Crippen molar-refractivity contribution in [1.82, 2.24) is 9.55 Å². The molecule has 2 heterocycles. The summed E-state index contributed by atoms with van der Waals surface area (Å²) in [7, 11) is 0. The lowest BCUT2D eigenvalue weighted by Gasteiger charge is -2.13.